The molecule has 2 aromatic heterocycles. The van der Waals surface area contributed by atoms with Crippen LogP contribution >= 0.6 is 11.6 Å². The number of nitrogens with one attached hydrogen (secondary N) is 1. The molecule has 0 saturated heterocycles. The fourth-order valence-electron chi connectivity index (χ4n) is 3.27. The molecule has 160 valence electrons. The molecule has 0 radical (unpaired) electrons. The van der Waals surface area contributed by atoms with E-state index in [1.807, 2.05) is 6.07 Å². The third-order valence-corrected chi connectivity index (χ3v) is 5.37. The Balaban J connectivity index is 1.69. The van der Waals surface area contributed by atoms with Crippen molar-refractivity contribution in [2.24, 2.45) is 0 Å². The summed E-state index contributed by atoms with van der Waals surface area (Å²) in [4.78, 5) is 13.0. The first-order chi connectivity index (χ1) is 14.7. The Hall–Kier alpha value is -3.32. The summed E-state index contributed by atoms with van der Waals surface area (Å²) in [5.41, 5.74) is -0.287. The van der Waals surface area contributed by atoms with Crippen LogP contribution in [0, 0.1) is 11.3 Å². The summed E-state index contributed by atoms with van der Waals surface area (Å²) in [5, 5.41) is 19.3. The molecular weight excluding hydrogens is 433 g/mol. The number of hydrogen-bond acceptors (Lipinski definition) is 4. The van der Waals surface area contributed by atoms with E-state index in [0.717, 1.165) is 4.68 Å². The zero-order chi connectivity index (χ0) is 22.3. The fourth-order valence-corrected chi connectivity index (χ4v) is 3.66. The highest BCUT2D eigenvalue weighted by Gasteiger charge is 2.43. The highest BCUT2D eigenvalue weighted by atomic mass is 35.5. The fraction of sp³-hybridized carbons (Fsp3) is 0.300. The summed E-state index contributed by atoms with van der Waals surface area (Å²) in [7, 11) is 0. The van der Waals surface area contributed by atoms with Crippen molar-refractivity contribution in [3.05, 3.63) is 58.5 Å². The van der Waals surface area contributed by atoms with Crippen molar-refractivity contribution in [3.63, 3.8) is 0 Å². The third kappa shape index (κ3) is 3.88. The number of rotatable bonds is 5. The van der Waals surface area contributed by atoms with E-state index in [-0.39, 0.29) is 23.0 Å². The Kier molecular flexibility index (Phi) is 5.23. The van der Waals surface area contributed by atoms with Crippen LogP contribution in [-0.4, -0.2) is 25.5 Å². The maximum atomic E-state index is 13.3. The molecule has 4 rings (SSSR count). The lowest BCUT2D eigenvalue weighted by Gasteiger charge is -2.17. The molecule has 1 fully saturated rings. The third-order valence-electron chi connectivity index (χ3n) is 5.00. The van der Waals surface area contributed by atoms with E-state index in [4.69, 9.17) is 11.6 Å². The van der Waals surface area contributed by atoms with Gasteiger partial charge in [-0.25, -0.2) is 4.68 Å². The molecule has 3 aromatic rings. The first-order valence-electron chi connectivity index (χ1n) is 9.42. The van der Waals surface area contributed by atoms with Gasteiger partial charge in [0.2, 0.25) is 5.91 Å². The van der Waals surface area contributed by atoms with Crippen molar-refractivity contribution in [1.29, 1.82) is 5.26 Å². The normalized spacial score (nSPS) is 14.8. The zero-order valence-corrected chi connectivity index (χ0v) is 16.9. The van der Waals surface area contributed by atoms with Crippen molar-refractivity contribution in [2.75, 3.05) is 5.32 Å². The summed E-state index contributed by atoms with van der Waals surface area (Å²) in [5.74, 6) is -0.701. The molecule has 2 heterocycles. The van der Waals surface area contributed by atoms with Gasteiger partial charge in [0.1, 0.15) is 17.7 Å². The summed E-state index contributed by atoms with van der Waals surface area (Å²) in [6.45, 7) is 1.43. The summed E-state index contributed by atoms with van der Waals surface area (Å²) in [6, 6.07) is 9.66. The van der Waals surface area contributed by atoms with E-state index < -0.39 is 28.8 Å². The van der Waals surface area contributed by atoms with Crippen LogP contribution in [0.3, 0.4) is 0 Å². The molecule has 1 aromatic carbocycles. The standard InChI is InChI=1S/C20H16ClF3N6O/c1-11(29-16(12-7-8-12)15(21)17(28-29)20(22,23)24)19(31)27-18-13(9-25)10-26-30(18)14-5-3-2-4-6-14/h2-6,10-12H,7-8H2,1H3,(H,27,31). The predicted molar refractivity (Wildman–Crippen MR) is 106 cm³/mol. The Morgan fingerprint density at radius 1 is 1.32 bits per heavy atom. The molecule has 1 aliphatic rings. The number of para-hydroxylation sites is 1. The smallest absolute Gasteiger partial charge is 0.308 e. The number of hydrogen-bond donors (Lipinski definition) is 1. The minimum absolute atomic E-state index is 0.112. The maximum Gasteiger partial charge on any atom is 0.436 e. The molecule has 1 amide bonds. The molecule has 11 heteroatoms. The first kappa shape index (κ1) is 20.9. The average molecular weight is 449 g/mol. The van der Waals surface area contributed by atoms with Gasteiger partial charge >= 0.3 is 6.18 Å². The van der Waals surface area contributed by atoms with Gasteiger partial charge in [0.15, 0.2) is 11.5 Å². The van der Waals surface area contributed by atoms with Gasteiger partial charge in [0.05, 0.1) is 22.6 Å². The Bertz CT molecular complexity index is 1170. The molecule has 1 aliphatic carbocycles. The Morgan fingerprint density at radius 2 is 2.00 bits per heavy atom. The minimum Gasteiger partial charge on any atom is -0.308 e. The van der Waals surface area contributed by atoms with Crippen LogP contribution in [0.2, 0.25) is 5.02 Å². The van der Waals surface area contributed by atoms with E-state index in [1.54, 1.807) is 30.3 Å². The number of aromatic nitrogens is 4. The van der Waals surface area contributed by atoms with Crippen LogP contribution in [0.25, 0.3) is 5.69 Å². The number of anilines is 1. The van der Waals surface area contributed by atoms with Crippen molar-refractivity contribution in [2.45, 2.75) is 37.9 Å². The van der Waals surface area contributed by atoms with Crippen molar-refractivity contribution < 1.29 is 18.0 Å². The average Bonchev–Trinajstić information content (AvgIpc) is 3.39. The lowest BCUT2D eigenvalue weighted by Crippen LogP contribution is -2.27. The molecule has 1 saturated carbocycles. The maximum absolute atomic E-state index is 13.3. The van der Waals surface area contributed by atoms with E-state index in [1.165, 1.54) is 17.8 Å². The summed E-state index contributed by atoms with van der Waals surface area (Å²) >= 11 is 6.00. The molecule has 1 atom stereocenters. The van der Waals surface area contributed by atoms with Crippen LogP contribution in [-0.2, 0) is 11.0 Å². The monoisotopic (exact) mass is 448 g/mol. The largest absolute Gasteiger partial charge is 0.436 e. The van der Waals surface area contributed by atoms with Crippen LogP contribution in [0.1, 0.15) is 48.7 Å². The number of amides is 1. The summed E-state index contributed by atoms with van der Waals surface area (Å²) in [6.07, 6.45) is -2.08. The number of nitrogens with zero attached hydrogens (tertiary/aromatic N) is 5. The van der Waals surface area contributed by atoms with Gasteiger partial charge in [-0.15, -0.1) is 0 Å². The van der Waals surface area contributed by atoms with Crippen LogP contribution < -0.4 is 5.32 Å². The van der Waals surface area contributed by atoms with E-state index in [9.17, 15) is 23.2 Å². The molecule has 0 spiro atoms. The molecule has 0 bridgehead atoms. The molecule has 1 N–H and O–H groups in total. The second-order valence-electron chi connectivity index (χ2n) is 7.20. The lowest BCUT2D eigenvalue weighted by atomic mass is 10.2. The highest BCUT2D eigenvalue weighted by molar-refractivity contribution is 6.32. The zero-order valence-electron chi connectivity index (χ0n) is 16.2. The number of carbonyl (C=O) groups excluding carboxylic acids is 1. The number of halogens is 4. The van der Waals surface area contributed by atoms with E-state index in [0.29, 0.717) is 18.5 Å². The van der Waals surface area contributed by atoms with Gasteiger partial charge < -0.3 is 5.32 Å². The topological polar surface area (TPSA) is 88.5 Å². The van der Waals surface area contributed by atoms with Gasteiger partial charge in [-0.1, -0.05) is 29.8 Å². The second kappa shape index (κ2) is 7.74. The highest BCUT2D eigenvalue weighted by Crippen LogP contribution is 2.47. The number of alkyl halides is 3. The van der Waals surface area contributed by atoms with Crippen molar-refractivity contribution >= 4 is 23.3 Å². The van der Waals surface area contributed by atoms with Crippen molar-refractivity contribution in [3.8, 4) is 11.8 Å². The quantitative estimate of drug-likeness (QED) is 0.613. The molecular formula is C20H16ClF3N6O. The first-order valence-corrected chi connectivity index (χ1v) is 9.79. The number of nitriles is 1. The number of carbonyl (C=O) groups is 1. The second-order valence-corrected chi connectivity index (χ2v) is 7.57. The van der Waals surface area contributed by atoms with E-state index in [2.05, 4.69) is 15.5 Å². The van der Waals surface area contributed by atoms with Gasteiger partial charge in [-0.05, 0) is 31.9 Å². The van der Waals surface area contributed by atoms with Gasteiger partial charge in [-0.3, -0.25) is 9.48 Å². The van der Waals surface area contributed by atoms with Crippen molar-refractivity contribution in [1.82, 2.24) is 19.6 Å². The minimum atomic E-state index is -4.73. The van der Waals surface area contributed by atoms with E-state index >= 15 is 0 Å². The SMILES string of the molecule is CC(C(=O)Nc1c(C#N)cnn1-c1ccccc1)n1nc(C(F)(F)F)c(Cl)c1C1CC1. The molecule has 1 unspecified atom stereocenters. The Morgan fingerprint density at radius 3 is 2.58 bits per heavy atom. The summed E-state index contributed by atoms with van der Waals surface area (Å²) < 4.78 is 42.4. The van der Waals surface area contributed by atoms with Crippen LogP contribution in [0.15, 0.2) is 36.5 Å². The van der Waals surface area contributed by atoms with Crippen LogP contribution in [0.4, 0.5) is 19.0 Å². The van der Waals surface area contributed by atoms with Gasteiger partial charge in [0, 0.05) is 5.92 Å². The van der Waals surface area contributed by atoms with Crippen LogP contribution in [0.5, 0.6) is 0 Å². The Labute approximate surface area is 180 Å². The number of benzene rings is 1. The lowest BCUT2D eigenvalue weighted by molar-refractivity contribution is -0.141. The molecule has 0 aliphatic heterocycles. The van der Waals surface area contributed by atoms with Gasteiger partial charge in [-0.2, -0.15) is 28.6 Å². The molecule has 31 heavy (non-hydrogen) atoms. The molecule has 7 nitrogen and oxygen atoms in total. The van der Waals surface area contributed by atoms with Gasteiger partial charge in [0.25, 0.3) is 0 Å². The predicted octanol–water partition coefficient (Wildman–Crippen LogP) is 4.69.